The average Bonchev–Trinajstić information content (AvgIpc) is 2.52. The van der Waals surface area contributed by atoms with Crippen molar-refractivity contribution in [1.82, 2.24) is 10.6 Å². The van der Waals surface area contributed by atoms with Crippen LogP contribution in [0.15, 0.2) is 24.3 Å². The normalized spacial score (nSPS) is 12.6. The number of carbonyl (C=O) groups excluding carboxylic acids is 1. The van der Waals surface area contributed by atoms with Crippen LogP contribution in [0.1, 0.15) is 33.6 Å². The summed E-state index contributed by atoms with van der Waals surface area (Å²) in [6, 6.07) is 5.43. The quantitative estimate of drug-likeness (QED) is 0.690. The number of para-hydroxylation sites is 1. The topological polar surface area (TPSA) is 70.6 Å². The summed E-state index contributed by atoms with van der Waals surface area (Å²) in [7, 11) is 0. The molecule has 0 saturated heterocycles. The number of halogens is 1. The number of hydrogen-bond donors (Lipinski definition) is 3. The van der Waals surface area contributed by atoms with Gasteiger partial charge in [0.1, 0.15) is 6.61 Å². The van der Waals surface area contributed by atoms with Gasteiger partial charge in [-0.3, -0.25) is 0 Å². The van der Waals surface area contributed by atoms with Gasteiger partial charge < -0.3 is 20.5 Å². The summed E-state index contributed by atoms with van der Waals surface area (Å²) < 4.78 is 18.7. The van der Waals surface area contributed by atoms with E-state index in [2.05, 4.69) is 10.6 Å². The molecule has 0 fully saturated rings. The summed E-state index contributed by atoms with van der Waals surface area (Å²) in [5.74, 6) is -0.280. The van der Waals surface area contributed by atoms with Crippen molar-refractivity contribution in [1.29, 1.82) is 0 Å². The van der Waals surface area contributed by atoms with Crippen LogP contribution in [0.5, 0.6) is 5.75 Å². The third-order valence-electron chi connectivity index (χ3n) is 3.60. The van der Waals surface area contributed by atoms with E-state index in [1.807, 2.05) is 13.8 Å². The van der Waals surface area contributed by atoms with E-state index in [1.54, 1.807) is 19.1 Å². The largest absolute Gasteiger partial charge is 0.488 e. The van der Waals surface area contributed by atoms with Crippen molar-refractivity contribution < 1.29 is 19.0 Å². The van der Waals surface area contributed by atoms with Crippen molar-refractivity contribution in [3.63, 3.8) is 0 Å². The molecule has 2 amide bonds. The molecule has 22 heavy (non-hydrogen) atoms. The van der Waals surface area contributed by atoms with Crippen molar-refractivity contribution in [2.75, 3.05) is 13.2 Å². The van der Waals surface area contributed by atoms with Crippen LogP contribution in [-0.2, 0) is 0 Å². The number of urea groups is 1. The number of hydrogen-bond acceptors (Lipinski definition) is 3. The number of ether oxygens (including phenoxy) is 1. The summed E-state index contributed by atoms with van der Waals surface area (Å²) in [6.07, 6.45) is 1.13. The molecule has 0 radical (unpaired) electrons. The van der Waals surface area contributed by atoms with Gasteiger partial charge in [0.25, 0.3) is 0 Å². The first kappa shape index (κ1) is 18.2. The first-order valence-corrected chi connectivity index (χ1v) is 7.54. The molecule has 0 spiro atoms. The predicted molar refractivity (Wildman–Crippen MR) is 83.4 cm³/mol. The molecular formula is C16H25FN2O3. The lowest BCUT2D eigenvalue weighted by molar-refractivity contribution is 0.0348. The van der Waals surface area contributed by atoms with Crippen LogP contribution < -0.4 is 15.4 Å². The Morgan fingerprint density at radius 2 is 2.00 bits per heavy atom. The van der Waals surface area contributed by atoms with Crippen molar-refractivity contribution in [3.8, 4) is 5.75 Å². The second-order valence-corrected chi connectivity index (χ2v) is 5.40. The summed E-state index contributed by atoms with van der Waals surface area (Å²) in [5, 5.41) is 15.4. The lowest BCUT2D eigenvalue weighted by atomic mass is 9.98. The Labute approximate surface area is 130 Å². The minimum atomic E-state index is -0.885. The van der Waals surface area contributed by atoms with E-state index in [-0.39, 0.29) is 31.0 Å². The van der Waals surface area contributed by atoms with Crippen molar-refractivity contribution in [2.24, 2.45) is 0 Å². The van der Waals surface area contributed by atoms with Crippen molar-refractivity contribution in [2.45, 2.75) is 45.3 Å². The minimum absolute atomic E-state index is 0.153. The molecule has 0 unspecified atom stereocenters. The van der Waals surface area contributed by atoms with Gasteiger partial charge in [-0.05, 0) is 31.9 Å². The van der Waals surface area contributed by atoms with Gasteiger partial charge in [-0.1, -0.05) is 26.0 Å². The second-order valence-electron chi connectivity index (χ2n) is 5.40. The second kappa shape index (κ2) is 8.58. The van der Waals surface area contributed by atoms with E-state index >= 15 is 0 Å². The molecule has 0 aliphatic heterocycles. The molecule has 0 heterocycles. The molecule has 3 N–H and O–H groups in total. The van der Waals surface area contributed by atoms with Crippen molar-refractivity contribution >= 4 is 6.03 Å². The van der Waals surface area contributed by atoms with Gasteiger partial charge in [0.2, 0.25) is 0 Å². The molecule has 0 aromatic heterocycles. The highest BCUT2D eigenvalue weighted by Crippen LogP contribution is 2.15. The van der Waals surface area contributed by atoms with Gasteiger partial charge in [-0.25, -0.2) is 9.18 Å². The van der Waals surface area contributed by atoms with Crippen LogP contribution in [0.3, 0.4) is 0 Å². The Hall–Kier alpha value is -1.82. The molecule has 1 aromatic carbocycles. The molecule has 124 valence electrons. The maximum absolute atomic E-state index is 13.4. The molecule has 6 heteroatoms. The monoisotopic (exact) mass is 312 g/mol. The zero-order valence-corrected chi connectivity index (χ0v) is 13.4. The van der Waals surface area contributed by atoms with E-state index in [1.165, 1.54) is 12.1 Å². The molecule has 0 aliphatic rings. The fourth-order valence-corrected chi connectivity index (χ4v) is 1.84. The molecule has 0 bridgehead atoms. The van der Waals surface area contributed by atoms with E-state index in [4.69, 9.17) is 4.74 Å². The molecule has 0 aliphatic carbocycles. The summed E-state index contributed by atoms with van der Waals surface area (Å²) in [6.45, 7) is 5.83. The molecular weight excluding hydrogens is 287 g/mol. The average molecular weight is 312 g/mol. The number of nitrogens with one attached hydrogen (secondary N) is 2. The number of aliphatic hydroxyl groups is 1. The molecule has 5 nitrogen and oxygen atoms in total. The van der Waals surface area contributed by atoms with Gasteiger partial charge in [-0.15, -0.1) is 0 Å². The zero-order chi connectivity index (χ0) is 16.6. The molecule has 0 saturated carbocycles. The van der Waals surface area contributed by atoms with E-state index in [0.717, 1.165) is 0 Å². The Bertz CT molecular complexity index is 478. The Morgan fingerprint density at radius 3 is 2.59 bits per heavy atom. The lowest BCUT2D eigenvalue weighted by Gasteiger charge is -2.26. The smallest absolute Gasteiger partial charge is 0.315 e. The van der Waals surface area contributed by atoms with E-state index in [9.17, 15) is 14.3 Å². The highest BCUT2D eigenvalue weighted by Gasteiger charge is 2.23. The van der Waals surface area contributed by atoms with Crippen LogP contribution in [0.4, 0.5) is 9.18 Å². The summed E-state index contributed by atoms with van der Waals surface area (Å²) in [5.41, 5.74) is -0.885. The first-order valence-electron chi connectivity index (χ1n) is 7.54. The highest BCUT2D eigenvalue weighted by atomic mass is 19.1. The van der Waals surface area contributed by atoms with Crippen LogP contribution >= 0.6 is 0 Å². The van der Waals surface area contributed by atoms with Gasteiger partial charge >= 0.3 is 6.03 Å². The van der Waals surface area contributed by atoms with Gasteiger partial charge in [0.05, 0.1) is 11.6 Å². The van der Waals surface area contributed by atoms with Crippen LogP contribution in [0, 0.1) is 5.82 Å². The molecule has 1 aromatic rings. The maximum Gasteiger partial charge on any atom is 0.315 e. The van der Waals surface area contributed by atoms with Gasteiger partial charge in [-0.2, -0.15) is 0 Å². The first-order chi connectivity index (χ1) is 10.4. The third-order valence-corrected chi connectivity index (χ3v) is 3.60. The van der Waals surface area contributed by atoms with Gasteiger partial charge in [0, 0.05) is 6.54 Å². The van der Waals surface area contributed by atoms with Crippen LogP contribution in [-0.4, -0.2) is 35.9 Å². The SMILES string of the molecule is CCC(O)(CC)CNC(=O)N[C@@H](C)COc1ccccc1F. The number of carbonyl (C=O) groups is 1. The number of rotatable bonds is 8. The highest BCUT2D eigenvalue weighted by molar-refractivity contribution is 5.74. The molecule has 1 atom stereocenters. The Morgan fingerprint density at radius 1 is 1.36 bits per heavy atom. The molecule has 1 rings (SSSR count). The zero-order valence-electron chi connectivity index (χ0n) is 13.4. The van der Waals surface area contributed by atoms with Gasteiger partial charge in [0.15, 0.2) is 11.6 Å². The summed E-state index contributed by atoms with van der Waals surface area (Å²) >= 11 is 0. The minimum Gasteiger partial charge on any atom is -0.488 e. The van der Waals surface area contributed by atoms with Crippen molar-refractivity contribution in [3.05, 3.63) is 30.1 Å². The fraction of sp³-hybridized carbons (Fsp3) is 0.562. The third kappa shape index (κ3) is 5.89. The number of benzene rings is 1. The predicted octanol–water partition coefficient (Wildman–Crippen LogP) is 2.44. The van der Waals surface area contributed by atoms with E-state index in [0.29, 0.717) is 12.8 Å². The standard InChI is InChI=1S/C16H25FN2O3/c1-4-16(21,5-2)11-18-15(20)19-12(3)10-22-14-9-7-6-8-13(14)17/h6-9,12,21H,4-5,10-11H2,1-3H3,(H2,18,19,20)/t12-/m0/s1. The fourth-order valence-electron chi connectivity index (χ4n) is 1.84. The Balaban J connectivity index is 2.34. The maximum atomic E-state index is 13.4. The number of amides is 2. The Kier molecular flexibility index (Phi) is 7.11. The van der Waals surface area contributed by atoms with Crippen LogP contribution in [0.25, 0.3) is 0 Å². The lowest BCUT2D eigenvalue weighted by Crippen LogP contribution is -2.48. The van der Waals surface area contributed by atoms with Crippen LogP contribution in [0.2, 0.25) is 0 Å². The summed E-state index contributed by atoms with van der Waals surface area (Å²) in [4.78, 5) is 11.7. The van der Waals surface area contributed by atoms with E-state index < -0.39 is 11.4 Å².